The predicted molar refractivity (Wildman–Crippen MR) is 110 cm³/mol. The van der Waals surface area contributed by atoms with Crippen LogP contribution in [-0.2, 0) is 17.9 Å². The van der Waals surface area contributed by atoms with E-state index < -0.39 is 18.6 Å². The summed E-state index contributed by atoms with van der Waals surface area (Å²) < 4.78 is 0. The molecule has 9 heteroatoms. The molecule has 152 valence electrons. The number of nitrogens with zero attached hydrogens (tertiary/aromatic N) is 1. The van der Waals surface area contributed by atoms with Crippen LogP contribution < -0.4 is 5.73 Å². The molecule has 3 atom stereocenters. The quantitative estimate of drug-likeness (QED) is 0.525. The Morgan fingerprint density at radius 2 is 1.78 bits per heavy atom. The standard InChI is InChI=1S/C18H27BN2O4.2ClH/c20-18(17(22)23)9-13(7-8-19(24)25)5-6-16(18)12-21-10-14-3-1-2-4-15(14)11-21;;/h1-4,13,16,24-25H,5-12,20H2,(H,22,23);2*1H/t13-,16-,18+;;/m0../s1. The normalized spacial score (nSPS) is 27.2. The fourth-order valence-electron chi connectivity index (χ4n) is 4.43. The van der Waals surface area contributed by atoms with Gasteiger partial charge in [0.05, 0.1) is 0 Å². The van der Waals surface area contributed by atoms with Gasteiger partial charge in [0.2, 0.25) is 0 Å². The Balaban J connectivity index is 0.00000182. The van der Waals surface area contributed by atoms with Crippen molar-refractivity contribution >= 4 is 37.9 Å². The summed E-state index contributed by atoms with van der Waals surface area (Å²) in [5.74, 6) is -0.895. The van der Waals surface area contributed by atoms with Crippen molar-refractivity contribution in [3.05, 3.63) is 35.4 Å². The van der Waals surface area contributed by atoms with Crippen LogP contribution in [0.4, 0.5) is 0 Å². The largest absolute Gasteiger partial charge is 0.480 e. The van der Waals surface area contributed by atoms with Gasteiger partial charge in [0.15, 0.2) is 0 Å². The third kappa shape index (κ3) is 5.59. The van der Waals surface area contributed by atoms with E-state index in [2.05, 4.69) is 17.0 Å². The molecule has 27 heavy (non-hydrogen) atoms. The van der Waals surface area contributed by atoms with Crippen LogP contribution in [0.15, 0.2) is 24.3 Å². The van der Waals surface area contributed by atoms with Gasteiger partial charge in [-0.25, -0.2) is 0 Å². The first-order valence-electron chi connectivity index (χ1n) is 9.06. The third-order valence-electron chi connectivity index (χ3n) is 5.89. The minimum absolute atomic E-state index is 0. The number of aliphatic carboxylic acids is 1. The maximum atomic E-state index is 11.9. The Morgan fingerprint density at radius 3 is 2.30 bits per heavy atom. The van der Waals surface area contributed by atoms with Crippen molar-refractivity contribution in [1.29, 1.82) is 0 Å². The molecular formula is C18H29BCl2N2O4. The number of hydrogen-bond donors (Lipinski definition) is 4. The Morgan fingerprint density at radius 1 is 1.19 bits per heavy atom. The summed E-state index contributed by atoms with van der Waals surface area (Å²) in [4.78, 5) is 14.2. The molecule has 1 aromatic carbocycles. The number of nitrogens with two attached hydrogens (primary N) is 1. The predicted octanol–water partition coefficient (Wildman–Crippen LogP) is 1.91. The van der Waals surface area contributed by atoms with Gasteiger partial charge >= 0.3 is 13.1 Å². The number of rotatable bonds is 6. The van der Waals surface area contributed by atoms with Crippen LogP contribution >= 0.6 is 24.8 Å². The van der Waals surface area contributed by atoms with E-state index in [0.717, 1.165) is 25.9 Å². The van der Waals surface area contributed by atoms with E-state index in [-0.39, 0.29) is 43.0 Å². The van der Waals surface area contributed by atoms with Gasteiger partial charge in [-0.1, -0.05) is 30.7 Å². The lowest BCUT2D eigenvalue weighted by Gasteiger charge is -2.43. The van der Waals surface area contributed by atoms with Crippen molar-refractivity contribution in [2.45, 2.75) is 50.6 Å². The zero-order chi connectivity index (χ0) is 18.0. The maximum absolute atomic E-state index is 11.9. The van der Waals surface area contributed by atoms with Gasteiger partial charge in [0, 0.05) is 25.6 Å². The lowest BCUT2D eigenvalue weighted by atomic mass is 9.66. The van der Waals surface area contributed by atoms with Crippen molar-refractivity contribution in [2.24, 2.45) is 17.6 Å². The third-order valence-corrected chi connectivity index (χ3v) is 5.89. The minimum Gasteiger partial charge on any atom is -0.480 e. The molecule has 0 amide bonds. The molecule has 0 saturated heterocycles. The molecule has 0 bridgehead atoms. The molecule has 2 aliphatic rings. The fraction of sp³-hybridized carbons (Fsp3) is 0.611. The van der Waals surface area contributed by atoms with E-state index >= 15 is 0 Å². The first-order valence-corrected chi connectivity index (χ1v) is 9.06. The highest BCUT2D eigenvalue weighted by molar-refractivity contribution is 6.40. The Bertz CT molecular complexity index is 612. The first-order chi connectivity index (χ1) is 11.9. The summed E-state index contributed by atoms with van der Waals surface area (Å²) in [5.41, 5.74) is 7.76. The number of fused-ring (bicyclic) bond motifs is 1. The lowest BCUT2D eigenvalue weighted by Crippen LogP contribution is -2.59. The van der Waals surface area contributed by atoms with E-state index in [1.54, 1.807) is 0 Å². The van der Waals surface area contributed by atoms with Gasteiger partial charge in [-0.3, -0.25) is 9.69 Å². The molecule has 0 unspecified atom stereocenters. The van der Waals surface area contributed by atoms with Crippen LogP contribution in [-0.4, -0.2) is 45.2 Å². The van der Waals surface area contributed by atoms with Crippen LogP contribution in [0.25, 0.3) is 0 Å². The van der Waals surface area contributed by atoms with Crippen molar-refractivity contribution in [3.63, 3.8) is 0 Å². The topological polar surface area (TPSA) is 107 Å². The second kappa shape index (κ2) is 10.1. The van der Waals surface area contributed by atoms with Gasteiger partial charge in [0.25, 0.3) is 0 Å². The SMILES string of the molecule is Cl.Cl.N[C@]1(C(=O)O)C[C@H](CCB(O)O)CC[C@H]1CN1Cc2ccccc2C1. The molecule has 0 radical (unpaired) electrons. The summed E-state index contributed by atoms with van der Waals surface area (Å²) in [5, 5.41) is 27.9. The van der Waals surface area contributed by atoms with E-state index in [1.807, 2.05) is 12.1 Å². The first kappa shape index (κ1) is 24.2. The molecule has 5 N–H and O–H groups in total. The van der Waals surface area contributed by atoms with E-state index in [9.17, 15) is 9.90 Å². The number of benzene rings is 1. The molecule has 1 aliphatic heterocycles. The second-order valence-corrected chi connectivity index (χ2v) is 7.69. The van der Waals surface area contributed by atoms with Gasteiger partial charge in [-0.15, -0.1) is 24.8 Å². The molecular weight excluding hydrogens is 390 g/mol. The van der Waals surface area contributed by atoms with Gasteiger partial charge in [-0.05, 0) is 42.6 Å². The summed E-state index contributed by atoms with van der Waals surface area (Å²) in [7, 11) is -1.34. The number of halogens is 2. The zero-order valence-corrected chi connectivity index (χ0v) is 16.9. The molecule has 1 aliphatic carbocycles. The van der Waals surface area contributed by atoms with Crippen LogP contribution in [0.5, 0.6) is 0 Å². The molecule has 1 heterocycles. The summed E-state index contributed by atoms with van der Waals surface area (Å²) in [6.07, 6.45) is 2.94. The summed E-state index contributed by atoms with van der Waals surface area (Å²) in [6.45, 7) is 2.39. The lowest BCUT2D eigenvalue weighted by molar-refractivity contribution is -0.148. The van der Waals surface area contributed by atoms with Crippen molar-refractivity contribution in [2.75, 3.05) is 6.54 Å². The molecule has 1 saturated carbocycles. The van der Waals surface area contributed by atoms with Crippen molar-refractivity contribution in [3.8, 4) is 0 Å². The van der Waals surface area contributed by atoms with Crippen molar-refractivity contribution in [1.82, 2.24) is 4.90 Å². The maximum Gasteiger partial charge on any atom is 0.451 e. The number of carbonyl (C=O) groups is 1. The average Bonchev–Trinajstić information content (AvgIpc) is 2.97. The molecule has 0 aromatic heterocycles. The van der Waals surface area contributed by atoms with E-state index in [4.69, 9.17) is 15.8 Å². The molecule has 3 rings (SSSR count). The van der Waals surface area contributed by atoms with Crippen LogP contribution in [0, 0.1) is 11.8 Å². The van der Waals surface area contributed by atoms with E-state index in [1.165, 1.54) is 11.1 Å². The fourth-order valence-corrected chi connectivity index (χ4v) is 4.43. The highest BCUT2D eigenvalue weighted by Crippen LogP contribution is 2.39. The number of carboxylic acids is 1. The Kier molecular flexibility index (Phi) is 9.05. The van der Waals surface area contributed by atoms with Gasteiger partial charge < -0.3 is 20.9 Å². The number of hydrogen-bond acceptors (Lipinski definition) is 5. The smallest absolute Gasteiger partial charge is 0.451 e. The molecule has 0 spiro atoms. The van der Waals surface area contributed by atoms with Crippen molar-refractivity contribution < 1.29 is 19.9 Å². The second-order valence-electron chi connectivity index (χ2n) is 7.69. The monoisotopic (exact) mass is 418 g/mol. The Labute approximate surface area is 173 Å². The minimum atomic E-state index is -1.34. The van der Waals surface area contributed by atoms with Crippen LogP contribution in [0.3, 0.4) is 0 Å². The van der Waals surface area contributed by atoms with Gasteiger partial charge in [-0.2, -0.15) is 0 Å². The number of carboxylic acid groups (broad SMARTS) is 1. The molecule has 6 nitrogen and oxygen atoms in total. The Hall–Kier alpha value is -0.825. The van der Waals surface area contributed by atoms with Gasteiger partial charge in [0.1, 0.15) is 5.54 Å². The average molecular weight is 419 g/mol. The summed E-state index contributed by atoms with van der Waals surface area (Å²) >= 11 is 0. The zero-order valence-electron chi connectivity index (χ0n) is 15.3. The van der Waals surface area contributed by atoms with E-state index in [0.29, 0.717) is 19.4 Å². The summed E-state index contributed by atoms with van der Waals surface area (Å²) in [6, 6.07) is 8.32. The van der Waals surface area contributed by atoms with Crippen LogP contribution in [0.2, 0.25) is 6.32 Å². The molecule has 1 fully saturated rings. The van der Waals surface area contributed by atoms with Crippen LogP contribution in [0.1, 0.15) is 36.8 Å². The highest BCUT2D eigenvalue weighted by Gasteiger charge is 2.47. The highest BCUT2D eigenvalue weighted by atomic mass is 35.5. The molecule has 1 aromatic rings.